The van der Waals surface area contributed by atoms with Gasteiger partial charge in [-0.2, -0.15) is 11.8 Å². The van der Waals surface area contributed by atoms with E-state index in [0.29, 0.717) is 6.42 Å². The van der Waals surface area contributed by atoms with Gasteiger partial charge in [-0.3, -0.25) is 4.79 Å². The summed E-state index contributed by atoms with van der Waals surface area (Å²) >= 11 is 1.70. The molecular weight excluding hydrogens is 186 g/mol. The van der Waals surface area contributed by atoms with Gasteiger partial charge in [-0.05, 0) is 37.7 Å². The number of esters is 1. The zero-order valence-corrected chi connectivity index (χ0v) is 8.81. The molecule has 0 unspecified atom stereocenters. The van der Waals surface area contributed by atoms with E-state index in [1.165, 1.54) is 6.42 Å². The van der Waals surface area contributed by atoms with Gasteiger partial charge in [0.2, 0.25) is 0 Å². The number of ether oxygens (including phenoxy) is 1. The smallest absolute Gasteiger partial charge is 0.323 e. The number of hydrogen-bond donors (Lipinski definition) is 1. The van der Waals surface area contributed by atoms with Crippen molar-refractivity contribution in [3.05, 3.63) is 0 Å². The molecule has 76 valence electrons. The van der Waals surface area contributed by atoms with Crippen LogP contribution in [0.5, 0.6) is 0 Å². The van der Waals surface area contributed by atoms with Crippen molar-refractivity contribution in [3.8, 4) is 0 Å². The fourth-order valence-corrected chi connectivity index (χ4v) is 1.59. The second-order valence-corrected chi connectivity index (χ2v) is 4.36. The number of carbonyl (C=O) groups is 1. The van der Waals surface area contributed by atoms with Crippen LogP contribution in [0.25, 0.3) is 0 Å². The molecule has 0 bridgehead atoms. The van der Waals surface area contributed by atoms with Gasteiger partial charge in [-0.1, -0.05) is 0 Å². The molecule has 0 radical (unpaired) electrons. The third-order valence-corrected chi connectivity index (χ3v) is 2.91. The van der Waals surface area contributed by atoms with Crippen molar-refractivity contribution in [2.24, 2.45) is 5.73 Å². The summed E-state index contributed by atoms with van der Waals surface area (Å²) in [5.74, 6) is 0.694. The van der Waals surface area contributed by atoms with Gasteiger partial charge < -0.3 is 10.5 Å². The highest BCUT2D eigenvalue weighted by molar-refractivity contribution is 7.98. The third kappa shape index (κ3) is 3.56. The summed E-state index contributed by atoms with van der Waals surface area (Å²) in [5.41, 5.74) is 5.64. The van der Waals surface area contributed by atoms with Crippen LogP contribution >= 0.6 is 11.8 Å². The molecule has 1 saturated carbocycles. The molecule has 0 spiro atoms. The number of hydrogen-bond acceptors (Lipinski definition) is 4. The van der Waals surface area contributed by atoms with Crippen LogP contribution < -0.4 is 5.73 Å². The molecule has 1 rings (SSSR count). The highest BCUT2D eigenvalue weighted by Gasteiger charge is 2.24. The van der Waals surface area contributed by atoms with Gasteiger partial charge in [-0.15, -0.1) is 0 Å². The summed E-state index contributed by atoms with van der Waals surface area (Å²) in [6, 6.07) is -0.423. The molecule has 1 fully saturated rings. The van der Waals surface area contributed by atoms with Crippen LogP contribution in [-0.4, -0.2) is 30.1 Å². The van der Waals surface area contributed by atoms with Crippen molar-refractivity contribution in [3.63, 3.8) is 0 Å². The minimum atomic E-state index is -0.423. The van der Waals surface area contributed by atoms with Crippen molar-refractivity contribution in [2.45, 2.75) is 37.8 Å². The Labute approximate surface area is 83.4 Å². The van der Waals surface area contributed by atoms with E-state index in [0.717, 1.165) is 18.6 Å². The molecule has 1 atom stereocenters. The van der Waals surface area contributed by atoms with Gasteiger partial charge in [0.25, 0.3) is 0 Å². The maximum Gasteiger partial charge on any atom is 0.323 e. The van der Waals surface area contributed by atoms with Crippen molar-refractivity contribution >= 4 is 17.7 Å². The number of carbonyl (C=O) groups excluding carboxylic acids is 1. The SMILES string of the molecule is CSCC[C@H](N)C(=O)OC1CCC1. The number of nitrogens with two attached hydrogens (primary N) is 1. The minimum Gasteiger partial charge on any atom is -0.461 e. The van der Waals surface area contributed by atoms with Crippen LogP contribution in [0.15, 0.2) is 0 Å². The average molecular weight is 203 g/mol. The van der Waals surface area contributed by atoms with E-state index in [4.69, 9.17) is 10.5 Å². The molecule has 0 aliphatic heterocycles. The Kier molecular flexibility index (Phi) is 4.59. The molecule has 1 aliphatic carbocycles. The first-order chi connectivity index (χ1) is 6.24. The zero-order valence-electron chi connectivity index (χ0n) is 7.99. The summed E-state index contributed by atoms with van der Waals surface area (Å²) in [5, 5.41) is 0. The lowest BCUT2D eigenvalue weighted by molar-refractivity contribution is -0.154. The van der Waals surface area contributed by atoms with E-state index in [9.17, 15) is 4.79 Å². The lowest BCUT2D eigenvalue weighted by Crippen LogP contribution is -2.37. The molecule has 0 heterocycles. The van der Waals surface area contributed by atoms with Gasteiger partial charge in [0.15, 0.2) is 0 Å². The van der Waals surface area contributed by atoms with Gasteiger partial charge in [0.05, 0.1) is 0 Å². The van der Waals surface area contributed by atoms with Crippen molar-refractivity contribution in [1.82, 2.24) is 0 Å². The van der Waals surface area contributed by atoms with Gasteiger partial charge in [0, 0.05) is 0 Å². The van der Waals surface area contributed by atoms with E-state index in [1.807, 2.05) is 6.26 Å². The molecule has 0 aromatic rings. The van der Waals surface area contributed by atoms with Crippen molar-refractivity contribution in [2.75, 3.05) is 12.0 Å². The lowest BCUT2D eigenvalue weighted by atomic mass is 9.96. The van der Waals surface area contributed by atoms with E-state index >= 15 is 0 Å². The van der Waals surface area contributed by atoms with Gasteiger partial charge >= 0.3 is 5.97 Å². The zero-order chi connectivity index (χ0) is 9.68. The molecule has 4 heteroatoms. The maximum absolute atomic E-state index is 11.3. The van der Waals surface area contributed by atoms with Crippen LogP contribution in [-0.2, 0) is 9.53 Å². The van der Waals surface area contributed by atoms with Crippen LogP contribution in [0.3, 0.4) is 0 Å². The topological polar surface area (TPSA) is 52.3 Å². The largest absolute Gasteiger partial charge is 0.461 e. The van der Waals surface area contributed by atoms with E-state index in [1.54, 1.807) is 11.8 Å². The molecule has 2 N–H and O–H groups in total. The molecule has 13 heavy (non-hydrogen) atoms. The first-order valence-electron chi connectivity index (χ1n) is 4.69. The Morgan fingerprint density at radius 3 is 2.85 bits per heavy atom. The van der Waals surface area contributed by atoms with Crippen molar-refractivity contribution in [1.29, 1.82) is 0 Å². The molecule has 0 aromatic carbocycles. The molecule has 0 saturated heterocycles. The van der Waals surface area contributed by atoms with Gasteiger partial charge in [-0.25, -0.2) is 0 Å². The molecule has 1 aliphatic rings. The second-order valence-electron chi connectivity index (χ2n) is 3.38. The minimum absolute atomic E-state index is 0.160. The summed E-state index contributed by atoms with van der Waals surface area (Å²) in [6.07, 6.45) is 6.09. The number of rotatable bonds is 5. The number of thioether (sulfide) groups is 1. The fraction of sp³-hybridized carbons (Fsp3) is 0.889. The molecular formula is C9H17NO2S. The normalized spacial score (nSPS) is 19.2. The third-order valence-electron chi connectivity index (χ3n) is 2.27. The van der Waals surface area contributed by atoms with Crippen LogP contribution in [0.4, 0.5) is 0 Å². The first kappa shape index (κ1) is 10.9. The highest BCUT2D eigenvalue weighted by atomic mass is 32.2. The quantitative estimate of drug-likeness (QED) is 0.681. The summed E-state index contributed by atoms with van der Waals surface area (Å²) in [4.78, 5) is 11.3. The van der Waals surface area contributed by atoms with Crippen LogP contribution in [0.2, 0.25) is 0 Å². The predicted molar refractivity (Wildman–Crippen MR) is 54.7 cm³/mol. The Morgan fingerprint density at radius 1 is 1.69 bits per heavy atom. The molecule has 3 nitrogen and oxygen atoms in total. The molecule has 0 amide bonds. The van der Waals surface area contributed by atoms with Crippen LogP contribution in [0.1, 0.15) is 25.7 Å². The summed E-state index contributed by atoms with van der Waals surface area (Å²) < 4.78 is 5.17. The fourth-order valence-electron chi connectivity index (χ4n) is 1.10. The Balaban J connectivity index is 2.13. The maximum atomic E-state index is 11.3. The van der Waals surface area contributed by atoms with E-state index in [2.05, 4.69) is 0 Å². The van der Waals surface area contributed by atoms with Crippen molar-refractivity contribution < 1.29 is 9.53 Å². The Morgan fingerprint density at radius 2 is 2.38 bits per heavy atom. The van der Waals surface area contributed by atoms with Crippen LogP contribution in [0, 0.1) is 0 Å². The highest BCUT2D eigenvalue weighted by Crippen LogP contribution is 2.22. The predicted octanol–water partition coefficient (Wildman–Crippen LogP) is 1.16. The monoisotopic (exact) mass is 203 g/mol. The Bertz CT molecular complexity index is 171. The summed E-state index contributed by atoms with van der Waals surface area (Å²) in [6.45, 7) is 0. The first-order valence-corrected chi connectivity index (χ1v) is 6.08. The van der Waals surface area contributed by atoms with E-state index < -0.39 is 6.04 Å². The lowest BCUT2D eigenvalue weighted by Gasteiger charge is -2.26. The van der Waals surface area contributed by atoms with E-state index in [-0.39, 0.29) is 12.1 Å². The average Bonchev–Trinajstić information content (AvgIpc) is 2.06. The second kappa shape index (κ2) is 5.50. The summed E-state index contributed by atoms with van der Waals surface area (Å²) in [7, 11) is 0. The molecule has 0 aromatic heterocycles. The standard InChI is InChI=1S/C9H17NO2S/c1-13-6-5-8(10)9(11)12-7-3-2-4-7/h7-8H,2-6,10H2,1H3/t8-/m0/s1. The van der Waals surface area contributed by atoms with Gasteiger partial charge in [0.1, 0.15) is 12.1 Å². The Hall–Kier alpha value is -0.220.